The van der Waals surface area contributed by atoms with Crippen LogP contribution in [0.5, 0.6) is 0 Å². The smallest absolute Gasteiger partial charge is 0.150 e. The third kappa shape index (κ3) is 2.67. The molecular formula is C15H14FNO2. The van der Waals surface area contributed by atoms with E-state index in [9.17, 15) is 9.18 Å². The van der Waals surface area contributed by atoms with Crippen molar-refractivity contribution in [2.75, 3.05) is 4.90 Å². The van der Waals surface area contributed by atoms with Gasteiger partial charge in [-0.15, -0.1) is 0 Å². The Kier molecular flexibility index (Phi) is 3.07. The van der Waals surface area contributed by atoms with Crippen molar-refractivity contribution in [3.05, 3.63) is 53.7 Å². The van der Waals surface area contributed by atoms with Crippen molar-refractivity contribution >= 4 is 12.0 Å². The summed E-state index contributed by atoms with van der Waals surface area (Å²) in [7, 11) is 0. The van der Waals surface area contributed by atoms with Crippen LogP contribution in [0.3, 0.4) is 0 Å². The molecule has 0 unspecified atom stereocenters. The van der Waals surface area contributed by atoms with Crippen LogP contribution in [0.2, 0.25) is 0 Å². The van der Waals surface area contributed by atoms with Crippen LogP contribution in [0.25, 0.3) is 0 Å². The van der Waals surface area contributed by atoms with E-state index in [0.29, 0.717) is 24.4 Å². The van der Waals surface area contributed by atoms with Gasteiger partial charge in [0, 0.05) is 17.3 Å². The number of anilines is 1. The number of rotatable bonds is 5. The van der Waals surface area contributed by atoms with Gasteiger partial charge in [0.25, 0.3) is 0 Å². The number of benzene rings is 1. The summed E-state index contributed by atoms with van der Waals surface area (Å²) in [5.74, 6) is 0.452. The van der Waals surface area contributed by atoms with Gasteiger partial charge in [0.2, 0.25) is 0 Å². The Bertz CT molecular complexity index is 576. The number of furan rings is 1. The van der Waals surface area contributed by atoms with Crippen molar-refractivity contribution in [1.29, 1.82) is 0 Å². The van der Waals surface area contributed by atoms with Crippen molar-refractivity contribution in [3.63, 3.8) is 0 Å². The van der Waals surface area contributed by atoms with Crippen LogP contribution >= 0.6 is 0 Å². The summed E-state index contributed by atoms with van der Waals surface area (Å²) in [5, 5.41) is 0. The van der Waals surface area contributed by atoms with E-state index in [1.165, 1.54) is 12.1 Å². The van der Waals surface area contributed by atoms with Crippen molar-refractivity contribution in [1.82, 2.24) is 0 Å². The van der Waals surface area contributed by atoms with Crippen LogP contribution < -0.4 is 4.90 Å². The topological polar surface area (TPSA) is 33.5 Å². The highest BCUT2D eigenvalue weighted by molar-refractivity contribution is 5.77. The lowest BCUT2D eigenvalue weighted by molar-refractivity contribution is 0.112. The van der Waals surface area contributed by atoms with E-state index in [1.54, 1.807) is 12.3 Å². The normalized spacial score (nSPS) is 14.4. The fourth-order valence-corrected chi connectivity index (χ4v) is 2.22. The van der Waals surface area contributed by atoms with E-state index in [0.717, 1.165) is 24.3 Å². The van der Waals surface area contributed by atoms with Crippen molar-refractivity contribution in [3.8, 4) is 0 Å². The molecule has 1 fully saturated rings. The second-order valence-corrected chi connectivity index (χ2v) is 4.80. The zero-order valence-electron chi connectivity index (χ0n) is 10.4. The van der Waals surface area contributed by atoms with Gasteiger partial charge in [0.15, 0.2) is 0 Å². The highest BCUT2D eigenvalue weighted by atomic mass is 19.1. The zero-order valence-corrected chi connectivity index (χ0v) is 10.4. The summed E-state index contributed by atoms with van der Waals surface area (Å²) in [6.07, 6.45) is 4.48. The third-order valence-electron chi connectivity index (χ3n) is 3.27. The molecule has 1 aliphatic carbocycles. The maximum Gasteiger partial charge on any atom is 0.150 e. The van der Waals surface area contributed by atoms with Crippen molar-refractivity contribution in [2.45, 2.75) is 25.4 Å². The molecule has 3 rings (SSSR count). The molecule has 98 valence electrons. The predicted octanol–water partition coefficient (Wildman–Crippen LogP) is 3.40. The van der Waals surface area contributed by atoms with Gasteiger partial charge in [0.05, 0.1) is 12.8 Å². The Morgan fingerprint density at radius 2 is 2.21 bits per heavy atom. The Morgan fingerprint density at radius 3 is 2.84 bits per heavy atom. The quantitative estimate of drug-likeness (QED) is 0.772. The SMILES string of the molecule is O=Cc1cc(F)cc(N(Cc2ccco2)C2CC2)c1. The van der Waals surface area contributed by atoms with Gasteiger partial charge in [0.1, 0.15) is 17.9 Å². The summed E-state index contributed by atoms with van der Waals surface area (Å²) in [6.45, 7) is 0.597. The number of aldehydes is 1. The minimum absolute atomic E-state index is 0.361. The summed E-state index contributed by atoms with van der Waals surface area (Å²) >= 11 is 0. The first-order chi connectivity index (χ1) is 9.26. The lowest BCUT2D eigenvalue weighted by Crippen LogP contribution is -2.25. The molecule has 1 aromatic carbocycles. The molecule has 0 N–H and O–H groups in total. The zero-order chi connectivity index (χ0) is 13.2. The van der Waals surface area contributed by atoms with E-state index in [-0.39, 0.29) is 5.82 Å². The molecule has 1 aliphatic rings. The van der Waals surface area contributed by atoms with Crippen molar-refractivity contribution in [2.24, 2.45) is 0 Å². The van der Waals surface area contributed by atoms with Gasteiger partial charge in [-0.2, -0.15) is 0 Å². The van der Waals surface area contributed by atoms with E-state index in [4.69, 9.17) is 4.42 Å². The molecule has 0 saturated heterocycles. The summed E-state index contributed by atoms with van der Waals surface area (Å²) in [4.78, 5) is 12.9. The van der Waals surface area contributed by atoms with Gasteiger partial charge in [-0.25, -0.2) is 4.39 Å². The first-order valence-electron chi connectivity index (χ1n) is 6.31. The lowest BCUT2D eigenvalue weighted by atomic mass is 10.2. The third-order valence-corrected chi connectivity index (χ3v) is 3.27. The molecule has 1 saturated carbocycles. The average molecular weight is 259 g/mol. The predicted molar refractivity (Wildman–Crippen MR) is 69.7 cm³/mol. The van der Waals surface area contributed by atoms with Gasteiger partial charge >= 0.3 is 0 Å². The molecule has 0 atom stereocenters. The largest absolute Gasteiger partial charge is 0.467 e. The second kappa shape index (κ2) is 4.88. The maximum atomic E-state index is 13.5. The van der Waals surface area contributed by atoms with Crippen LogP contribution in [0.15, 0.2) is 41.0 Å². The number of hydrogen-bond acceptors (Lipinski definition) is 3. The van der Waals surface area contributed by atoms with Crippen LogP contribution in [0, 0.1) is 5.82 Å². The van der Waals surface area contributed by atoms with E-state index < -0.39 is 0 Å². The second-order valence-electron chi connectivity index (χ2n) is 4.80. The summed E-state index contributed by atoms with van der Waals surface area (Å²) < 4.78 is 18.9. The Hall–Kier alpha value is -2.10. The fourth-order valence-electron chi connectivity index (χ4n) is 2.22. The first-order valence-corrected chi connectivity index (χ1v) is 6.31. The number of halogens is 1. The highest BCUT2D eigenvalue weighted by Gasteiger charge is 2.30. The monoisotopic (exact) mass is 259 g/mol. The van der Waals surface area contributed by atoms with Crippen molar-refractivity contribution < 1.29 is 13.6 Å². The number of hydrogen-bond donors (Lipinski definition) is 0. The molecule has 0 spiro atoms. The molecule has 1 heterocycles. The Morgan fingerprint density at radius 1 is 1.37 bits per heavy atom. The Labute approximate surface area is 110 Å². The van der Waals surface area contributed by atoms with Gasteiger partial charge < -0.3 is 9.32 Å². The minimum atomic E-state index is -0.385. The standard InChI is InChI=1S/C15H14FNO2/c16-12-6-11(10-18)7-14(8-12)17(13-3-4-13)9-15-2-1-5-19-15/h1-2,5-8,10,13H,3-4,9H2. The van der Waals surface area contributed by atoms with E-state index in [2.05, 4.69) is 4.90 Å². The van der Waals surface area contributed by atoms with Crippen LogP contribution in [0.1, 0.15) is 29.0 Å². The number of carbonyl (C=O) groups excluding carboxylic acids is 1. The van der Waals surface area contributed by atoms with E-state index in [1.807, 2.05) is 12.1 Å². The first kappa shape index (κ1) is 12.0. The molecule has 0 amide bonds. The van der Waals surface area contributed by atoms with Crippen LogP contribution in [-0.4, -0.2) is 12.3 Å². The van der Waals surface area contributed by atoms with Gasteiger partial charge in [-0.05, 0) is 43.2 Å². The molecule has 4 heteroatoms. The van der Waals surface area contributed by atoms with E-state index >= 15 is 0 Å². The van der Waals surface area contributed by atoms with Gasteiger partial charge in [-0.1, -0.05) is 0 Å². The van der Waals surface area contributed by atoms with Gasteiger partial charge in [-0.3, -0.25) is 4.79 Å². The molecule has 1 aromatic heterocycles. The van der Waals surface area contributed by atoms with Crippen LogP contribution in [-0.2, 0) is 6.54 Å². The highest BCUT2D eigenvalue weighted by Crippen LogP contribution is 2.33. The molecule has 0 radical (unpaired) electrons. The molecule has 19 heavy (non-hydrogen) atoms. The molecule has 0 aliphatic heterocycles. The maximum absolute atomic E-state index is 13.5. The Balaban J connectivity index is 1.91. The average Bonchev–Trinajstić information content (AvgIpc) is 3.12. The number of nitrogens with zero attached hydrogens (tertiary/aromatic N) is 1. The molecule has 2 aromatic rings. The van der Waals surface area contributed by atoms with Crippen LogP contribution in [0.4, 0.5) is 10.1 Å². The summed E-state index contributed by atoms with van der Waals surface area (Å²) in [6, 6.07) is 8.57. The number of carbonyl (C=O) groups is 1. The minimum Gasteiger partial charge on any atom is -0.467 e. The molecular weight excluding hydrogens is 245 g/mol. The fraction of sp³-hybridized carbons (Fsp3) is 0.267. The molecule has 3 nitrogen and oxygen atoms in total. The lowest BCUT2D eigenvalue weighted by Gasteiger charge is -2.24. The summed E-state index contributed by atoms with van der Waals surface area (Å²) in [5.41, 5.74) is 1.10. The molecule has 0 bridgehead atoms.